The van der Waals surface area contributed by atoms with Gasteiger partial charge in [0.05, 0.1) is 18.6 Å². The van der Waals surface area contributed by atoms with Crippen molar-refractivity contribution in [1.29, 1.82) is 0 Å². The first-order valence-electron chi connectivity index (χ1n) is 5.50. The number of benzene rings is 1. The summed E-state index contributed by atoms with van der Waals surface area (Å²) in [6.45, 7) is 0.0925. The minimum absolute atomic E-state index is 0.0219. The van der Waals surface area contributed by atoms with Gasteiger partial charge in [0.25, 0.3) is 0 Å². The number of rotatable bonds is 5. The van der Waals surface area contributed by atoms with E-state index in [1.54, 1.807) is 0 Å². The van der Waals surface area contributed by atoms with Gasteiger partial charge < -0.3 is 15.2 Å². The van der Waals surface area contributed by atoms with Crippen LogP contribution in [0.4, 0.5) is 4.79 Å². The Kier molecular flexibility index (Phi) is 5.34. The van der Waals surface area contributed by atoms with Crippen LogP contribution in [0.1, 0.15) is 16.8 Å². The average Bonchev–Trinajstić information content (AvgIpc) is 2.39. The molecule has 7 nitrogen and oxygen atoms in total. The lowest BCUT2D eigenvalue weighted by Crippen LogP contribution is -2.37. The fourth-order valence-electron chi connectivity index (χ4n) is 1.21. The summed E-state index contributed by atoms with van der Waals surface area (Å²) in [7, 11) is 1.41. The molecule has 0 aliphatic rings. The smallest absolute Gasteiger partial charge is 0.335 e. The maximum absolute atomic E-state index is 11.2. The van der Waals surface area contributed by atoms with Crippen LogP contribution in [0.25, 0.3) is 0 Å². The van der Waals surface area contributed by atoms with Gasteiger partial charge in [0, 0.05) is 7.05 Å². The maximum Gasteiger partial charge on any atom is 0.335 e. The molecule has 0 fully saturated rings. The van der Waals surface area contributed by atoms with Crippen LogP contribution in [0.3, 0.4) is 0 Å². The van der Waals surface area contributed by atoms with E-state index >= 15 is 0 Å². The number of hydrogen-bond donors (Lipinski definition) is 3. The molecule has 102 valence electrons. The molecule has 3 amide bonds. The Balaban J connectivity index is 2.35. The van der Waals surface area contributed by atoms with Crippen molar-refractivity contribution >= 4 is 17.9 Å². The first-order chi connectivity index (χ1) is 9.02. The van der Waals surface area contributed by atoms with Gasteiger partial charge >= 0.3 is 12.0 Å². The number of carboxylic acid groups (broad SMARTS) is 1. The number of urea groups is 1. The average molecular weight is 266 g/mol. The summed E-state index contributed by atoms with van der Waals surface area (Å²) < 4.78 is 5.24. The minimum Gasteiger partial charge on any atom is -0.493 e. The third-order valence-corrected chi connectivity index (χ3v) is 2.18. The van der Waals surface area contributed by atoms with Crippen molar-refractivity contribution in [2.24, 2.45) is 0 Å². The summed E-state index contributed by atoms with van der Waals surface area (Å²) in [6.07, 6.45) is 0.0219. The first kappa shape index (κ1) is 14.5. The Labute approximate surface area is 109 Å². The van der Waals surface area contributed by atoms with E-state index in [-0.39, 0.29) is 18.6 Å². The second kappa shape index (κ2) is 7.00. The molecule has 0 aromatic heterocycles. The van der Waals surface area contributed by atoms with Crippen molar-refractivity contribution < 1.29 is 24.2 Å². The van der Waals surface area contributed by atoms with E-state index in [1.165, 1.54) is 31.3 Å². The zero-order chi connectivity index (χ0) is 14.3. The van der Waals surface area contributed by atoms with Crippen LogP contribution >= 0.6 is 0 Å². The van der Waals surface area contributed by atoms with E-state index in [1.807, 2.05) is 0 Å². The van der Waals surface area contributed by atoms with Crippen molar-refractivity contribution in [3.8, 4) is 5.75 Å². The molecule has 0 unspecified atom stereocenters. The van der Waals surface area contributed by atoms with Gasteiger partial charge in [-0.25, -0.2) is 9.59 Å². The molecule has 1 aromatic carbocycles. The number of aromatic carboxylic acids is 1. The molecule has 0 saturated heterocycles. The summed E-state index contributed by atoms with van der Waals surface area (Å²) in [5, 5.41) is 13.0. The molecule has 7 heteroatoms. The SMILES string of the molecule is CNC(=O)NC(=O)CCOc1ccc(C(=O)O)cc1. The monoisotopic (exact) mass is 266 g/mol. The van der Waals surface area contributed by atoms with Crippen LogP contribution in [-0.4, -0.2) is 36.7 Å². The van der Waals surface area contributed by atoms with E-state index in [0.29, 0.717) is 5.75 Å². The predicted molar refractivity (Wildman–Crippen MR) is 66.1 cm³/mol. The normalized spacial score (nSPS) is 9.53. The Morgan fingerprint density at radius 2 is 1.84 bits per heavy atom. The molecule has 0 saturated carbocycles. The molecule has 0 heterocycles. The number of nitrogens with one attached hydrogen (secondary N) is 2. The number of amides is 3. The van der Waals surface area contributed by atoms with E-state index in [4.69, 9.17) is 9.84 Å². The summed E-state index contributed by atoms with van der Waals surface area (Å²) in [5.41, 5.74) is 0.157. The van der Waals surface area contributed by atoms with E-state index in [9.17, 15) is 14.4 Å². The summed E-state index contributed by atoms with van der Waals surface area (Å²) in [6, 6.07) is 5.24. The fourth-order valence-corrected chi connectivity index (χ4v) is 1.21. The van der Waals surface area contributed by atoms with Gasteiger partial charge in [-0.15, -0.1) is 0 Å². The van der Waals surface area contributed by atoms with Gasteiger partial charge in [-0.2, -0.15) is 0 Å². The summed E-state index contributed by atoms with van der Waals surface area (Å²) >= 11 is 0. The third-order valence-electron chi connectivity index (χ3n) is 2.18. The molecule has 1 rings (SSSR count). The summed E-state index contributed by atoms with van der Waals surface area (Å²) in [4.78, 5) is 32.6. The van der Waals surface area contributed by atoms with Gasteiger partial charge in [-0.05, 0) is 24.3 Å². The van der Waals surface area contributed by atoms with Gasteiger partial charge in [-0.1, -0.05) is 0 Å². The van der Waals surface area contributed by atoms with Crippen molar-refractivity contribution in [3.63, 3.8) is 0 Å². The Bertz CT molecular complexity index is 470. The predicted octanol–water partition coefficient (Wildman–Crippen LogP) is 0.609. The van der Waals surface area contributed by atoms with Crippen molar-refractivity contribution in [3.05, 3.63) is 29.8 Å². The van der Waals surface area contributed by atoms with Gasteiger partial charge in [-0.3, -0.25) is 10.1 Å². The molecule has 3 N–H and O–H groups in total. The second-order valence-corrected chi connectivity index (χ2v) is 3.56. The lowest BCUT2D eigenvalue weighted by molar-refractivity contribution is -0.120. The molecule has 0 bridgehead atoms. The highest BCUT2D eigenvalue weighted by Crippen LogP contribution is 2.12. The molecule has 1 aromatic rings. The van der Waals surface area contributed by atoms with Crippen LogP contribution < -0.4 is 15.4 Å². The number of ether oxygens (including phenoxy) is 1. The third kappa shape index (κ3) is 5.07. The molecule has 0 atom stereocenters. The Morgan fingerprint density at radius 3 is 2.37 bits per heavy atom. The number of carbonyl (C=O) groups is 3. The van der Waals surface area contributed by atoms with Crippen LogP contribution in [0.2, 0.25) is 0 Å². The molecule has 0 aliphatic carbocycles. The van der Waals surface area contributed by atoms with E-state index in [2.05, 4.69) is 10.6 Å². The summed E-state index contributed by atoms with van der Waals surface area (Å²) in [5.74, 6) is -1.02. The van der Waals surface area contributed by atoms with Crippen LogP contribution in [-0.2, 0) is 4.79 Å². The highest BCUT2D eigenvalue weighted by atomic mass is 16.5. The lowest BCUT2D eigenvalue weighted by atomic mass is 10.2. The topological polar surface area (TPSA) is 105 Å². The van der Waals surface area contributed by atoms with Gasteiger partial charge in [0.1, 0.15) is 5.75 Å². The standard InChI is InChI=1S/C12H14N2O5/c1-13-12(18)14-10(15)6-7-19-9-4-2-8(3-5-9)11(16)17/h2-5H,6-7H2,1H3,(H,16,17)(H2,13,14,15,18). The number of carbonyl (C=O) groups excluding carboxylic acids is 2. The van der Waals surface area contributed by atoms with Crippen LogP contribution in [0.5, 0.6) is 5.75 Å². The molecule has 19 heavy (non-hydrogen) atoms. The zero-order valence-corrected chi connectivity index (χ0v) is 10.3. The molecular weight excluding hydrogens is 252 g/mol. The maximum atomic E-state index is 11.2. The largest absolute Gasteiger partial charge is 0.493 e. The van der Waals surface area contributed by atoms with Crippen molar-refractivity contribution in [1.82, 2.24) is 10.6 Å². The fraction of sp³-hybridized carbons (Fsp3) is 0.250. The van der Waals surface area contributed by atoms with E-state index in [0.717, 1.165) is 0 Å². The highest BCUT2D eigenvalue weighted by Gasteiger charge is 2.06. The highest BCUT2D eigenvalue weighted by molar-refractivity contribution is 5.94. The van der Waals surface area contributed by atoms with Gasteiger partial charge in [0.2, 0.25) is 5.91 Å². The van der Waals surface area contributed by atoms with Crippen LogP contribution in [0, 0.1) is 0 Å². The second-order valence-electron chi connectivity index (χ2n) is 3.56. The Hall–Kier alpha value is -2.57. The molecular formula is C12H14N2O5. The van der Waals surface area contributed by atoms with Crippen molar-refractivity contribution in [2.75, 3.05) is 13.7 Å². The lowest BCUT2D eigenvalue weighted by Gasteiger charge is -2.06. The molecule has 0 radical (unpaired) electrons. The number of imide groups is 1. The minimum atomic E-state index is -1.02. The van der Waals surface area contributed by atoms with E-state index < -0.39 is 17.9 Å². The van der Waals surface area contributed by atoms with Gasteiger partial charge in [0.15, 0.2) is 0 Å². The quantitative estimate of drug-likeness (QED) is 0.724. The Morgan fingerprint density at radius 1 is 1.21 bits per heavy atom. The molecule has 0 aliphatic heterocycles. The first-order valence-corrected chi connectivity index (χ1v) is 5.50. The van der Waals surface area contributed by atoms with Crippen LogP contribution in [0.15, 0.2) is 24.3 Å². The number of hydrogen-bond acceptors (Lipinski definition) is 4. The molecule has 0 spiro atoms. The zero-order valence-electron chi connectivity index (χ0n) is 10.3. The number of carboxylic acids is 1. The van der Waals surface area contributed by atoms with Crippen molar-refractivity contribution in [2.45, 2.75) is 6.42 Å².